The van der Waals surface area contributed by atoms with Gasteiger partial charge in [0.1, 0.15) is 5.78 Å². The highest BCUT2D eigenvalue weighted by molar-refractivity contribution is 5.81. The lowest BCUT2D eigenvalue weighted by Gasteiger charge is -2.12. The fourth-order valence-corrected chi connectivity index (χ4v) is 1.70. The summed E-state index contributed by atoms with van der Waals surface area (Å²) in [5.41, 5.74) is 0. The zero-order valence-corrected chi connectivity index (χ0v) is 11.5. The third kappa shape index (κ3) is 8.86. The van der Waals surface area contributed by atoms with Crippen molar-refractivity contribution >= 4 is 11.7 Å². The van der Waals surface area contributed by atoms with Crippen LogP contribution in [0.5, 0.6) is 0 Å². The number of unbranched alkanes of at least 4 members (excludes halogenated alkanes) is 1. The number of Topliss-reactive ketones (excluding diaryl/α,β-unsaturated/α-hetero) is 1. The summed E-state index contributed by atoms with van der Waals surface area (Å²) < 4.78 is 0. The second kappa shape index (κ2) is 9.16. The van der Waals surface area contributed by atoms with Gasteiger partial charge in [0, 0.05) is 13.0 Å². The number of amides is 1. The molecule has 17 heavy (non-hydrogen) atoms. The summed E-state index contributed by atoms with van der Waals surface area (Å²) in [4.78, 5) is 22.5. The van der Waals surface area contributed by atoms with Gasteiger partial charge in [-0.25, -0.2) is 0 Å². The van der Waals surface area contributed by atoms with Crippen LogP contribution in [0.25, 0.3) is 0 Å². The third-order valence-electron chi connectivity index (χ3n) is 2.67. The molecule has 0 saturated carbocycles. The Labute approximate surface area is 105 Å². The molecular formula is C13H26N2O2. The molecule has 0 fully saturated rings. The van der Waals surface area contributed by atoms with E-state index >= 15 is 0 Å². The van der Waals surface area contributed by atoms with Crippen molar-refractivity contribution in [1.29, 1.82) is 0 Å². The Morgan fingerprint density at radius 1 is 1.18 bits per heavy atom. The van der Waals surface area contributed by atoms with E-state index in [4.69, 9.17) is 0 Å². The first kappa shape index (κ1) is 16.1. The molecule has 0 spiro atoms. The van der Waals surface area contributed by atoms with Crippen molar-refractivity contribution in [3.8, 4) is 0 Å². The van der Waals surface area contributed by atoms with Crippen molar-refractivity contribution in [1.82, 2.24) is 10.6 Å². The normalized spacial score (nSPS) is 12.5. The molecule has 4 nitrogen and oxygen atoms in total. The second-order valence-electron chi connectivity index (χ2n) is 4.90. The predicted molar refractivity (Wildman–Crippen MR) is 69.8 cm³/mol. The van der Waals surface area contributed by atoms with Crippen molar-refractivity contribution in [2.45, 2.75) is 52.5 Å². The van der Waals surface area contributed by atoms with Gasteiger partial charge in [-0.3, -0.25) is 9.59 Å². The summed E-state index contributed by atoms with van der Waals surface area (Å²) in [6, 6.07) is -0.0404. The van der Waals surface area contributed by atoms with Crippen LogP contribution in [0.2, 0.25) is 0 Å². The van der Waals surface area contributed by atoms with Crippen LogP contribution in [0.15, 0.2) is 0 Å². The van der Waals surface area contributed by atoms with E-state index < -0.39 is 0 Å². The van der Waals surface area contributed by atoms with Crippen LogP contribution in [-0.4, -0.2) is 31.3 Å². The first-order valence-electron chi connectivity index (χ1n) is 6.41. The van der Waals surface area contributed by atoms with E-state index in [2.05, 4.69) is 10.6 Å². The van der Waals surface area contributed by atoms with Gasteiger partial charge in [-0.1, -0.05) is 13.8 Å². The van der Waals surface area contributed by atoms with Crippen LogP contribution in [0.3, 0.4) is 0 Å². The van der Waals surface area contributed by atoms with Gasteiger partial charge < -0.3 is 10.6 Å². The predicted octanol–water partition coefficient (Wildman–Crippen LogP) is 1.50. The highest BCUT2D eigenvalue weighted by Gasteiger charge is 2.10. The van der Waals surface area contributed by atoms with Crippen LogP contribution < -0.4 is 10.6 Å². The van der Waals surface area contributed by atoms with Gasteiger partial charge in [-0.05, 0) is 39.2 Å². The summed E-state index contributed by atoms with van der Waals surface area (Å²) in [7, 11) is 1.80. The van der Waals surface area contributed by atoms with E-state index in [1.54, 1.807) is 14.0 Å². The van der Waals surface area contributed by atoms with Crippen LogP contribution in [0.1, 0.15) is 46.5 Å². The van der Waals surface area contributed by atoms with Gasteiger partial charge in [0.2, 0.25) is 5.91 Å². The Morgan fingerprint density at radius 3 is 2.29 bits per heavy atom. The lowest BCUT2D eigenvalue weighted by Crippen LogP contribution is -2.32. The third-order valence-corrected chi connectivity index (χ3v) is 2.67. The molecule has 0 aromatic rings. The average molecular weight is 242 g/mol. The molecule has 0 aromatic carbocycles. The molecule has 0 heterocycles. The highest BCUT2D eigenvalue weighted by Crippen LogP contribution is 2.02. The van der Waals surface area contributed by atoms with Gasteiger partial charge in [0.25, 0.3) is 0 Å². The van der Waals surface area contributed by atoms with Crippen LogP contribution >= 0.6 is 0 Å². The number of hydrogen-bond donors (Lipinski definition) is 2. The maximum absolute atomic E-state index is 11.3. The minimum absolute atomic E-state index is 0.0404. The summed E-state index contributed by atoms with van der Waals surface area (Å²) >= 11 is 0. The quantitative estimate of drug-likeness (QED) is 0.602. The number of nitrogens with one attached hydrogen (secondary N) is 2. The van der Waals surface area contributed by atoms with Gasteiger partial charge in [-0.2, -0.15) is 0 Å². The number of hydrogen-bond acceptors (Lipinski definition) is 3. The van der Waals surface area contributed by atoms with Crippen molar-refractivity contribution in [3.63, 3.8) is 0 Å². The minimum atomic E-state index is -0.0404. The Kier molecular flexibility index (Phi) is 8.68. The Bertz CT molecular complexity index is 240. The van der Waals surface area contributed by atoms with Crippen LogP contribution in [0.4, 0.5) is 0 Å². The van der Waals surface area contributed by atoms with Crippen molar-refractivity contribution in [3.05, 3.63) is 0 Å². The molecule has 0 radical (unpaired) electrons. The number of rotatable bonds is 9. The molecule has 100 valence electrons. The molecule has 1 amide bonds. The fraction of sp³-hybridized carbons (Fsp3) is 0.846. The van der Waals surface area contributed by atoms with Crippen LogP contribution in [-0.2, 0) is 9.59 Å². The standard InChI is InChI=1S/C13H26N2O2/c1-10(2)9-13(17)15-8-6-5-7-12(14-4)11(3)16/h10,12,14H,5-9H2,1-4H3,(H,15,17). The van der Waals surface area contributed by atoms with E-state index in [0.29, 0.717) is 18.9 Å². The molecule has 1 unspecified atom stereocenters. The molecule has 0 aliphatic carbocycles. The number of likely N-dealkylation sites (N-methyl/N-ethyl adjacent to an activating group) is 1. The molecule has 0 rings (SSSR count). The zero-order valence-electron chi connectivity index (χ0n) is 11.5. The minimum Gasteiger partial charge on any atom is -0.356 e. The highest BCUT2D eigenvalue weighted by atomic mass is 16.1. The van der Waals surface area contributed by atoms with E-state index in [0.717, 1.165) is 19.3 Å². The van der Waals surface area contributed by atoms with Gasteiger partial charge in [0.15, 0.2) is 0 Å². The zero-order chi connectivity index (χ0) is 13.3. The van der Waals surface area contributed by atoms with E-state index in [9.17, 15) is 9.59 Å². The topological polar surface area (TPSA) is 58.2 Å². The average Bonchev–Trinajstić information content (AvgIpc) is 2.21. The summed E-state index contributed by atoms with van der Waals surface area (Å²) in [5, 5.41) is 5.88. The lowest BCUT2D eigenvalue weighted by atomic mass is 10.1. The summed E-state index contributed by atoms with van der Waals surface area (Å²) in [6.07, 6.45) is 3.31. The van der Waals surface area contributed by atoms with E-state index in [-0.39, 0.29) is 17.7 Å². The van der Waals surface area contributed by atoms with Crippen molar-refractivity contribution in [2.75, 3.05) is 13.6 Å². The van der Waals surface area contributed by atoms with Crippen molar-refractivity contribution in [2.24, 2.45) is 5.92 Å². The maximum Gasteiger partial charge on any atom is 0.220 e. The number of ketones is 1. The van der Waals surface area contributed by atoms with Crippen LogP contribution in [0, 0.1) is 5.92 Å². The molecule has 0 bridgehead atoms. The Hall–Kier alpha value is -0.900. The molecule has 4 heteroatoms. The molecule has 0 aromatic heterocycles. The lowest BCUT2D eigenvalue weighted by molar-refractivity contribution is -0.122. The Morgan fingerprint density at radius 2 is 1.82 bits per heavy atom. The monoisotopic (exact) mass is 242 g/mol. The molecule has 0 aliphatic heterocycles. The fourth-order valence-electron chi connectivity index (χ4n) is 1.70. The summed E-state index contributed by atoms with van der Waals surface area (Å²) in [6.45, 7) is 6.37. The van der Waals surface area contributed by atoms with E-state index in [1.165, 1.54) is 0 Å². The maximum atomic E-state index is 11.3. The van der Waals surface area contributed by atoms with E-state index in [1.807, 2.05) is 13.8 Å². The SMILES string of the molecule is CNC(CCCCNC(=O)CC(C)C)C(C)=O. The Balaban J connectivity index is 3.52. The number of carbonyl (C=O) groups excluding carboxylic acids is 2. The number of carbonyl (C=O) groups is 2. The first-order valence-corrected chi connectivity index (χ1v) is 6.41. The largest absolute Gasteiger partial charge is 0.356 e. The van der Waals surface area contributed by atoms with Gasteiger partial charge in [-0.15, -0.1) is 0 Å². The second-order valence-corrected chi connectivity index (χ2v) is 4.90. The van der Waals surface area contributed by atoms with Gasteiger partial charge in [0.05, 0.1) is 6.04 Å². The molecule has 2 N–H and O–H groups in total. The van der Waals surface area contributed by atoms with Gasteiger partial charge >= 0.3 is 0 Å². The molecular weight excluding hydrogens is 216 g/mol. The molecule has 0 aliphatic rings. The van der Waals surface area contributed by atoms with Crippen molar-refractivity contribution < 1.29 is 9.59 Å². The smallest absolute Gasteiger partial charge is 0.220 e. The summed E-state index contributed by atoms with van der Waals surface area (Å²) in [5.74, 6) is 0.703. The molecule has 1 atom stereocenters. The molecule has 0 saturated heterocycles. The first-order chi connectivity index (χ1) is 7.97.